The summed E-state index contributed by atoms with van der Waals surface area (Å²) in [5.74, 6) is -2.63. The number of nitrogens with two attached hydrogens (primary N) is 1. The van der Waals surface area contributed by atoms with E-state index in [-0.39, 0.29) is 29.6 Å². The predicted molar refractivity (Wildman–Crippen MR) is 157 cm³/mol. The number of aliphatic imine (C=N–C) groups is 1. The molecule has 0 unspecified atom stereocenters. The topological polar surface area (TPSA) is 352 Å². The van der Waals surface area contributed by atoms with Gasteiger partial charge in [0.15, 0.2) is 9.84 Å². The molecular weight excluding hydrogens is 734 g/mol. The molecule has 27 heteroatoms. The third-order valence-electron chi connectivity index (χ3n) is 5.49. The molecule has 0 aliphatic rings. The van der Waals surface area contributed by atoms with Crippen molar-refractivity contribution < 1.29 is 61.0 Å². The quantitative estimate of drug-likeness (QED) is 0.0721. The Morgan fingerprint density at radius 1 is 0.958 bits per heavy atom. The Balaban J connectivity index is 1.94. The van der Waals surface area contributed by atoms with Crippen molar-refractivity contribution in [3.05, 3.63) is 42.5 Å². The molecule has 0 amide bonds. The van der Waals surface area contributed by atoms with Crippen LogP contribution in [0.2, 0.25) is 0 Å². The number of amidine groups is 1. The summed E-state index contributed by atoms with van der Waals surface area (Å²) in [6, 6.07) is 4.34. The fourth-order valence-corrected chi connectivity index (χ4v) is 6.10. The van der Waals surface area contributed by atoms with E-state index in [0.717, 1.165) is 29.2 Å². The van der Waals surface area contributed by atoms with Gasteiger partial charge in [0.2, 0.25) is 11.9 Å². The number of anilines is 3. The number of halogens is 1. The Labute approximate surface area is 271 Å². The molecule has 1 heterocycles. The highest BCUT2D eigenvalue weighted by atomic mass is 32.3. The Kier molecular flexibility index (Phi) is 11.6. The number of rotatable bonds is 15. The molecule has 1 aromatic heterocycles. The van der Waals surface area contributed by atoms with Gasteiger partial charge in [-0.25, -0.2) is 34.4 Å². The van der Waals surface area contributed by atoms with Gasteiger partial charge in [0.05, 0.1) is 49.7 Å². The van der Waals surface area contributed by atoms with Crippen LogP contribution in [0.15, 0.2) is 61.4 Å². The van der Waals surface area contributed by atoms with Gasteiger partial charge in [-0.1, -0.05) is 0 Å². The number of nitrogens with zero attached hydrogens (tertiary/aromatic N) is 7. The molecule has 48 heavy (non-hydrogen) atoms. The maximum Gasteiger partial charge on any atom is 0.397 e. The minimum absolute atomic E-state index is 0.0330. The molecule has 0 saturated heterocycles. The van der Waals surface area contributed by atoms with E-state index in [1.54, 1.807) is 0 Å². The van der Waals surface area contributed by atoms with Gasteiger partial charge >= 0.3 is 16.5 Å². The number of azo groups is 1. The number of aromatic nitrogens is 3. The highest BCUT2D eigenvalue weighted by molar-refractivity contribution is 7.91. The van der Waals surface area contributed by atoms with Crippen molar-refractivity contribution in [3.63, 3.8) is 0 Å². The normalized spacial score (nSPS) is 13.1. The highest BCUT2D eigenvalue weighted by Gasteiger charge is 2.21. The lowest BCUT2D eigenvalue weighted by Crippen LogP contribution is -2.27. The Hall–Kier alpha value is -4.51. The van der Waals surface area contributed by atoms with Crippen molar-refractivity contribution in [1.29, 1.82) is 0 Å². The van der Waals surface area contributed by atoms with Gasteiger partial charge in [-0.2, -0.15) is 27.8 Å². The van der Waals surface area contributed by atoms with E-state index in [4.69, 9.17) is 10.3 Å². The zero-order chi connectivity index (χ0) is 36.1. The summed E-state index contributed by atoms with van der Waals surface area (Å²) >= 11 is 0. The standard InChI is InChI=1S/C21H24FN9O13S4/c1-31(6-8-46(35,36)37)21-27-18(22)26-20(28-21)24-12-2-4-14(16(10-12)25-19(23)32)29-30-15-5-3-13(11-17(15)47(38,39)40)45(33,34)9-7-44-48(41,42)43/h2-5,10-11H,6-9H2,1H3,(H3,23,25,32)(H,35,36,37)(H,38,39,40)(H,41,42,43)(H,24,26,27,28)/p-3. The third-order valence-corrected chi connectivity index (χ3v) is 9.18. The van der Waals surface area contributed by atoms with E-state index in [9.17, 15) is 52.3 Å². The second-order valence-corrected chi connectivity index (χ2v) is 15.1. The van der Waals surface area contributed by atoms with Crippen molar-refractivity contribution in [2.45, 2.75) is 9.79 Å². The van der Waals surface area contributed by atoms with Crippen LogP contribution in [0.5, 0.6) is 0 Å². The minimum Gasteiger partial charge on any atom is -0.846 e. The average Bonchev–Trinajstić information content (AvgIpc) is 2.93. The first kappa shape index (κ1) is 37.9. The monoisotopic (exact) mass is 754 g/mol. The van der Waals surface area contributed by atoms with Crippen LogP contribution in [-0.2, 0) is 44.7 Å². The summed E-state index contributed by atoms with van der Waals surface area (Å²) in [4.78, 5) is 13.5. The summed E-state index contributed by atoms with van der Waals surface area (Å²) in [6.45, 7) is -1.41. The van der Waals surface area contributed by atoms with Gasteiger partial charge in [0, 0.05) is 19.3 Å². The number of nitrogens with one attached hydrogen (secondary N) is 1. The van der Waals surface area contributed by atoms with Gasteiger partial charge in [0.1, 0.15) is 21.5 Å². The summed E-state index contributed by atoms with van der Waals surface area (Å²) in [5, 5.41) is 21.6. The predicted octanol–water partition coefficient (Wildman–Crippen LogP) is -1.05. The van der Waals surface area contributed by atoms with Crippen LogP contribution in [0, 0.1) is 6.08 Å². The van der Waals surface area contributed by atoms with Crippen LogP contribution < -0.4 is 21.1 Å². The highest BCUT2D eigenvalue weighted by Crippen LogP contribution is 2.35. The smallest absolute Gasteiger partial charge is 0.397 e. The second kappa shape index (κ2) is 14.7. The molecule has 3 rings (SSSR count). The van der Waals surface area contributed by atoms with Gasteiger partial charge in [-0.15, -0.1) is 10.2 Å². The van der Waals surface area contributed by atoms with E-state index in [0.29, 0.717) is 6.07 Å². The fourth-order valence-electron chi connectivity index (χ4n) is 3.38. The molecule has 4 N–H and O–H groups in total. The lowest BCUT2D eigenvalue weighted by molar-refractivity contribution is -0.217. The van der Waals surface area contributed by atoms with Crippen molar-refractivity contribution in [3.8, 4) is 0 Å². The first-order valence-corrected chi connectivity index (χ1v) is 18.4. The molecule has 0 aliphatic carbocycles. The Bertz CT molecular complexity index is 2200. The van der Waals surface area contributed by atoms with Crippen LogP contribution >= 0.6 is 0 Å². The maximum atomic E-state index is 14.1. The summed E-state index contributed by atoms with van der Waals surface area (Å²) < 4.78 is 141. The molecule has 0 radical (unpaired) electrons. The van der Waals surface area contributed by atoms with Crippen LogP contribution in [0.3, 0.4) is 0 Å². The molecule has 3 aromatic rings. The number of benzene rings is 2. The van der Waals surface area contributed by atoms with Crippen LogP contribution in [0.25, 0.3) is 0 Å². The van der Waals surface area contributed by atoms with E-state index < -0.39 is 92.1 Å². The van der Waals surface area contributed by atoms with Crippen molar-refractivity contribution >= 4 is 81.1 Å². The SMILES string of the molecule is CN(CCS(=O)(=O)[O-])c1nc(F)nc(Nc2ccc(N=Nc3ccc(S(=O)(=O)CCOS(=O)(=O)O)cc3S(=O)(=O)[O-])c(N=C(N)[O-])c2)n1. The summed E-state index contributed by atoms with van der Waals surface area (Å²) in [5.41, 5.74) is 3.95. The van der Waals surface area contributed by atoms with Gasteiger partial charge in [0.25, 0.3) is 0 Å². The fraction of sp³-hybridized carbons (Fsp3) is 0.238. The molecule has 22 nitrogen and oxygen atoms in total. The first-order valence-electron chi connectivity index (χ1n) is 12.4. The molecule has 262 valence electrons. The van der Waals surface area contributed by atoms with Crippen molar-refractivity contribution in [2.24, 2.45) is 21.0 Å². The zero-order valence-electron chi connectivity index (χ0n) is 23.9. The second-order valence-electron chi connectivity index (χ2n) is 9.04. The molecule has 0 aliphatic heterocycles. The van der Waals surface area contributed by atoms with Gasteiger partial charge < -0.3 is 30.2 Å². The molecular formula is C21H21FN9O13S4-3. The largest absolute Gasteiger partial charge is 0.846 e. The summed E-state index contributed by atoms with van der Waals surface area (Å²) in [7, 11) is -18.1. The Morgan fingerprint density at radius 2 is 1.60 bits per heavy atom. The van der Waals surface area contributed by atoms with Crippen LogP contribution in [0.4, 0.5) is 39.0 Å². The first-order chi connectivity index (χ1) is 22.0. The lowest BCUT2D eigenvalue weighted by atomic mass is 10.2. The zero-order valence-corrected chi connectivity index (χ0v) is 27.1. The van der Waals surface area contributed by atoms with Crippen LogP contribution in [-0.4, -0.2) is 100 Å². The minimum atomic E-state index is -5.40. The molecule has 0 spiro atoms. The molecule has 0 fully saturated rings. The number of hydrogen-bond donors (Lipinski definition) is 3. The number of hydrogen-bond acceptors (Lipinski definition) is 20. The molecule has 0 atom stereocenters. The van der Waals surface area contributed by atoms with E-state index in [2.05, 4.69) is 39.7 Å². The molecule has 0 bridgehead atoms. The molecule has 0 saturated carbocycles. The van der Waals surface area contributed by atoms with E-state index >= 15 is 0 Å². The third kappa shape index (κ3) is 11.6. The van der Waals surface area contributed by atoms with E-state index in [1.807, 2.05) is 0 Å². The molecule has 2 aromatic carbocycles. The van der Waals surface area contributed by atoms with E-state index in [1.165, 1.54) is 13.1 Å². The van der Waals surface area contributed by atoms with Crippen LogP contribution in [0.1, 0.15) is 0 Å². The lowest BCUT2D eigenvalue weighted by Gasteiger charge is -2.18. The summed E-state index contributed by atoms with van der Waals surface area (Å²) in [6.07, 6.45) is -1.29. The maximum absolute atomic E-state index is 14.1. The number of sulfone groups is 1. The van der Waals surface area contributed by atoms with Crippen molar-refractivity contribution in [1.82, 2.24) is 15.0 Å². The average molecular weight is 755 g/mol. The Morgan fingerprint density at radius 3 is 2.21 bits per heavy atom. The van der Waals surface area contributed by atoms with Crippen molar-refractivity contribution in [2.75, 3.05) is 41.9 Å². The van der Waals surface area contributed by atoms with Gasteiger partial charge in [-0.3, -0.25) is 4.55 Å². The van der Waals surface area contributed by atoms with Gasteiger partial charge in [-0.05, 0) is 36.4 Å².